The summed E-state index contributed by atoms with van der Waals surface area (Å²) in [4.78, 5) is 18.7. The number of para-hydroxylation sites is 2. The Kier molecular flexibility index (Phi) is 7.33. The number of nitrogens with one attached hydrogen (secondary N) is 2. The number of ether oxygens (including phenoxy) is 2. The molecule has 1 aliphatic rings. The maximum Gasteiger partial charge on any atom is 0.265 e. The lowest BCUT2D eigenvalue weighted by Crippen LogP contribution is -2.42. The second-order valence-corrected chi connectivity index (χ2v) is 6.63. The zero-order valence-corrected chi connectivity index (χ0v) is 17.0. The van der Waals surface area contributed by atoms with Crippen LogP contribution in [0.15, 0.2) is 53.5 Å². The van der Waals surface area contributed by atoms with Crippen molar-refractivity contribution >= 4 is 17.6 Å². The van der Waals surface area contributed by atoms with Gasteiger partial charge < -0.3 is 25.0 Å². The van der Waals surface area contributed by atoms with E-state index in [1.165, 1.54) is 0 Å². The van der Waals surface area contributed by atoms with E-state index in [2.05, 4.69) is 15.6 Å². The SMILES string of the molecule is CCNC(=NCc1cccc(OC)c1)NCCCN1C(=O)COc2ccccc21. The van der Waals surface area contributed by atoms with Crippen LogP contribution in [0.1, 0.15) is 18.9 Å². The summed E-state index contributed by atoms with van der Waals surface area (Å²) in [6, 6.07) is 15.5. The summed E-state index contributed by atoms with van der Waals surface area (Å²) in [5, 5.41) is 6.59. The van der Waals surface area contributed by atoms with Gasteiger partial charge in [-0.05, 0) is 43.2 Å². The van der Waals surface area contributed by atoms with Crippen molar-refractivity contribution in [3.63, 3.8) is 0 Å². The van der Waals surface area contributed by atoms with Crippen molar-refractivity contribution in [1.82, 2.24) is 10.6 Å². The average molecular weight is 396 g/mol. The third kappa shape index (κ3) is 5.63. The van der Waals surface area contributed by atoms with E-state index < -0.39 is 0 Å². The van der Waals surface area contributed by atoms with Gasteiger partial charge in [0.1, 0.15) is 11.5 Å². The van der Waals surface area contributed by atoms with Crippen LogP contribution < -0.4 is 25.0 Å². The Hall–Kier alpha value is -3.22. The molecule has 7 nitrogen and oxygen atoms in total. The number of rotatable bonds is 8. The van der Waals surface area contributed by atoms with Gasteiger partial charge in [-0.25, -0.2) is 4.99 Å². The van der Waals surface area contributed by atoms with E-state index in [9.17, 15) is 4.79 Å². The lowest BCUT2D eigenvalue weighted by atomic mass is 10.2. The molecule has 0 atom stereocenters. The molecule has 1 heterocycles. The number of nitrogens with zero attached hydrogens (tertiary/aromatic N) is 2. The smallest absolute Gasteiger partial charge is 0.265 e. The minimum absolute atomic E-state index is 0.0118. The standard InChI is InChI=1S/C22H28N4O3/c1-3-23-22(25-15-17-8-6-9-18(14-17)28-2)24-12-7-13-26-19-10-4-5-11-20(19)29-16-21(26)27/h4-6,8-11,14H,3,7,12-13,15-16H2,1-2H3,(H2,23,24,25). The van der Waals surface area contributed by atoms with Gasteiger partial charge in [0.25, 0.3) is 5.91 Å². The van der Waals surface area contributed by atoms with Crippen LogP contribution in [0.3, 0.4) is 0 Å². The predicted octanol–water partition coefficient (Wildman–Crippen LogP) is 2.57. The number of hydrogen-bond donors (Lipinski definition) is 2. The van der Waals surface area contributed by atoms with E-state index in [-0.39, 0.29) is 12.5 Å². The molecule has 0 bridgehead atoms. The van der Waals surface area contributed by atoms with Crippen molar-refractivity contribution in [2.75, 3.05) is 38.3 Å². The summed E-state index contributed by atoms with van der Waals surface area (Å²) >= 11 is 0. The number of aliphatic imine (C=N–C) groups is 1. The van der Waals surface area contributed by atoms with Crippen LogP contribution >= 0.6 is 0 Å². The Labute approximate surface area is 171 Å². The number of carbonyl (C=O) groups is 1. The zero-order valence-electron chi connectivity index (χ0n) is 17.0. The number of benzene rings is 2. The maximum absolute atomic E-state index is 12.2. The zero-order chi connectivity index (χ0) is 20.5. The largest absolute Gasteiger partial charge is 0.497 e. The van der Waals surface area contributed by atoms with Gasteiger partial charge in [0, 0.05) is 19.6 Å². The van der Waals surface area contributed by atoms with Crippen molar-refractivity contribution < 1.29 is 14.3 Å². The molecule has 0 saturated heterocycles. The number of amides is 1. The maximum atomic E-state index is 12.2. The Balaban J connectivity index is 1.52. The van der Waals surface area contributed by atoms with E-state index in [1.807, 2.05) is 55.5 Å². The molecule has 154 valence electrons. The van der Waals surface area contributed by atoms with Gasteiger partial charge in [-0.1, -0.05) is 24.3 Å². The first-order chi connectivity index (χ1) is 14.2. The highest BCUT2D eigenvalue weighted by Gasteiger charge is 2.24. The molecule has 3 rings (SSSR count). The van der Waals surface area contributed by atoms with Crippen molar-refractivity contribution in [2.24, 2.45) is 4.99 Å². The fourth-order valence-electron chi connectivity index (χ4n) is 3.13. The molecule has 2 aromatic carbocycles. The summed E-state index contributed by atoms with van der Waals surface area (Å²) in [5.41, 5.74) is 1.92. The number of methoxy groups -OCH3 is 1. The molecule has 2 aromatic rings. The van der Waals surface area contributed by atoms with Gasteiger partial charge in [-0.3, -0.25) is 4.79 Å². The number of hydrogen-bond acceptors (Lipinski definition) is 4. The van der Waals surface area contributed by atoms with Gasteiger partial charge in [0.2, 0.25) is 0 Å². The monoisotopic (exact) mass is 396 g/mol. The molecule has 0 aromatic heterocycles. The van der Waals surface area contributed by atoms with Crippen molar-refractivity contribution in [3.8, 4) is 11.5 Å². The van der Waals surface area contributed by atoms with Crippen LogP contribution in [0.2, 0.25) is 0 Å². The number of carbonyl (C=O) groups excluding carboxylic acids is 1. The summed E-state index contributed by atoms with van der Waals surface area (Å²) < 4.78 is 10.7. The Morgan fingerprint density at radius 3 is 2.90 bits per heavy atom. The van der Waals surface area contributed by atoms with Gasteiger partial charge in [0.15, 0.2) is 12.6 Å². The predicted molar refractivity (Wildman–Crippen MR) is 115 cm³/mol. The summed E-state index contributed by atoms with van der Waals surface area (Å²) in [6.07, 6.45) is 0.795. The Morgan fingerprint density at radius 2 is 2.07 bits per heavy atom. The summed E-state index contributed by atoms with van der Waals surface area (Å²) in [7, 11) is 1.66. The van der Waals surface area contributed by atoms with Crippen LogP contribution in [0.5, 0.6) is 11.5 Å². The van der Waals surface area contributed by atoms with Gasteiger partial charge in [-0.15, -0.1) is 0 Å². The second kappa shape index (κ2) is 10.4. The lowest BCUT2D eigenvalue weighted by molar-refractivity contribution is -0.121. The molecule has 29 heavy (non-hydrogen) atoms. The van der Waals surface area contributed by atoms with Crippen LogP contribution in [-0.2, 0) is 11.3 Å². The molecule has 0 saturated carbocycles. The van der Waals surface area contributed by atoms with Gasteiger partial charge in [-0.2, -0.15) is 0 Å². The highest BCUT2D eigenvalue weighted by atomic mass is 16.5. The molecular weight excluding hydrogens is 368 g/mol. The lowest BCUT2D eigenvalue weighted by Gasteiger charge is -2.29. The van der Waals surface area contributed by atoms with E-state index in [4.69, 9.17) is 9.47 Å². The molecule has 0 fully saturated rings. The van der Waals surface area contributed by atoms with E-state index in [1.54, 1.807) is 12.0 Å². The molecule has 0 spiro atoms. The molecule has 0 unspecified atom stereocenters. The second-order valence-electron chi connectivity index (χ2n) is 6.63. The van der Waals surface area contributed by atoms with Gasteiger partial charge in [0.05, 0.1) is 19.3 Å². The molecule has 0 radical (unpaired) electrons. The molecule has 7 heteroatoms. The number of fused-ring (bicyclic) bond motifs is 1. The summed E-state index contributed by atoms with van der Waals surface area (Å²) in [5.74, 6) is 2.32. The molecule has 2 N–H and O–H groups in total. The summed E-state index contributed by atoms with van der Waals surface area (Å²) in [6.45, 7) is 4.79. The highest BCUT2D eigenvalue weighted by Crippen LogP contribution is 2.31. The first-order valence-electron chi connectivity index (χ1n) is 9.88. The van der Waals surface area contributed by atoms with Crippen molar-refractivity contribution in [1.29, 1.82) is 0 Å². The normalized spacial score (nSPS) is 13.5. The molecule has 1 aliphatic heterocycles. The topological polar surface area (TPSA) is 75.2 Å². The van der Waals surface area contributed by atoms with Gasteiger partial charge >= 0.3 is 0 Å². The molecule has 0 aliphatic carbocycles. The van der Waals surface area contributed by atoms with Crippen molar-refractivity contribution in [2.45, 2.75) is 19.9 Å². The Morgan fingerprint density at radius 1 is 1.21 bits per heavy atom. The molecular formula is C22H28N4O3. The highest BCUT2D eigenvalue weighted by molar-refractivity contribution is 5.97. The first kappa shape index (κ1) is 20.5. The molecule has 1 amide bonds. The van der Waals surface area contributed by atoms with E-state index in [0.29, 0.717) is 19.6 Å². The average Bonchev–Trinajstić information content (AvgIpc) is 2.76. The third-order valence-electron chi connectivity index (χ3n) is 4.56. The fraction of sp³-hybridized carbons (Fsp3) is 0.364. The van der Waals surface area contributed by atoms with Crippen LogP contribution in [-0.4, -0.2) is 45.2 Å². The van der Waals surface area contributed by atoms with E-state index in [0.717, 1.165) is 41.7 Å². The van der Waals surface area contributed by atoms with Crippen molar-refractivity contribution in [3.05, 3.63) is 54.1 Å². The number of guanidine groups is 1. The quantitative estimate of drug-likeness (QED) is 0.408. The van der Waals surface area contributed by atoms with Crippen LogP contribution in [0, 0.1) is 0 Å². The van der Waals surface area contributed by atoms with Crippen LogP contribution in [0.25, 0.3) is 0 Å². The fourth-order valence-corrected chi connectivity index (χ4v) is 3.13. The Bertz CT molecular complexity index is 853. The van der Waals surface area contributed by atoms with Crippen LogP contribution in [0.4, 0.5) is 5.69 Å². The first-order valence-corrected chi connectivity index (χ1v) is 9.88. The third-order valence-corrected chi connectivity index (χ3v) is 4.56. The minimum atomic E-state index is -0.0118. The van der Waals surface area contributed by atoms with E-state index >= 15 is 0 Å². The number of anilines is 1. The minimum Gasteiger partial charge on any atom is -0.497 e.